The molecule has 0 saturated heterocycles. The van der Waals surface area contributed by atoms with E-state index in [4.69, 9.17) is 9.88 Å². The Morgan fingerprint density at radius 3 is 2.84 bits per heavy atom. The highest BCUT2D eigenvalue weighted by Crippen LogP contribution is 2.37. The van der Waals surface area contributed by atoms with Crippen molar-refractivity contribution >= 4 is 33.2 Å². The Morgan fingerprint density at radius 1 is 1.26 bits per heavy atom. The molecule has 1 aromatic carbocycles. The Hall–Kier alpha value is -2.88. The number of rotatable bonds is 8. The number of carbonyl (C=O) groups is 1. The van der Waals surface area contributed by atoms with Gasteiger partial charge in [-0.3, -0.25) is 8.98 Å². The summed E-state index contributed by atoms with van der Waals surface area (Å²) in [6, 6.07) is 3.67. The van der Waals surface area contributed by atoms with Gasteiger partial charge in [-0.15, -0.1) is 11.3 Å². The number of ether oxygens (including phenoxy) is 1. The molecule has 4 N–H and O–H groups in total. The number of anilines is 1. The molecule has 0 radical (unpaired) electrons. The molecule has 1 saturated carbocycles. The molecule has 202 valence electrons. The Kier molecular flexibility index (Phi) is 7.53. The van der Waals surface area contributed by atoms with Gasteiger partial charge in [0.25, 0.3) is 0 Å². The first kappa shape index (κ1) is 26.7. The number of hydrogen-bond acceptors (Lipinski definition) is 10. The van der Waals surface area contributed by atoms with Crippen molar-refractivity contribution in [1.29, 1.82) is 0 Å². The van der Waals surface area contributed by atoms with Gasteiger partial charge in [0.2, 0.25) is 5.78 Å². The lowest BCUT2D eigenvalue weighted by Crippen LogP contribution is -2.24. The molecule has 0 amide bonds. The number of aliphatic hydroxyl groups excluding tert-OH is 1. The van der Waals surface area contributed by atoms with Gasteiger partial charge in [0, 0.05) is 18.2 Å². The zero-order chi connectivity index (χ0) is 27.0. The second kappa shape index (κ2) is 10.7. The third kappa shape index (κ3) is 5.75. The van der Waals surface area contributed by atoms with Crippen molar-refractivity contribution in [3.63, 3.8) is 0 Å². The smallest absolute Gasteiger partial charge is 0.333 e. The average molecular weight is 567 g/mol. The second-order valence-electron chi connectivity index (χ2n) is 9.24. The summed E-state index contributed by atoms with van der Waals surface area (Å²) >= 11 is 1.18. The first-order valence-corrected chi connectivity index (χ1v) is 14.1. The molecule has 1 fully saturated rings. The molecule has 1 aliphatic heterocycles. The van der Waals surface area contributed by atoms with E-state index in [0.717, 1.165) is 6.07 Å². The van der Waals surface area contributed by atoms with Crippen LogP contribution in [0.25, 0.3) is 0 Å². The minimum Gasteiger partial charge on any atom is -0.393 e. The molecular weight excluding hydrogens is 542 g/mol. The number of benzene rings is 1. The van der Waals surface area contributed by atoms with E-state index in [0.29, 0.717) is 41.0 Å². The summed E-state index contributed by atoms with van der Waals surface area (Å²) in [5, 5.41) is 20.1. The number of aliphatic hydroxyl groups is 1. The maximum atomic E-state index is 13.9. The van der Waals surface area contributed by atoms with Crippen molar-refractivity contribution in [1.82, 2.24) is 9.97 Å². The number of nitrogens with two attached hydrogens (primary N) is 1. The summed E-state index contributed by atoms with van der Waals surface area (Å²) in [5.74, 6) is -2.42. The number of thiophene rings is 1. The third-order valence-electron chi connectivity index (χ3n) is 6.67. The highest BCUT2D eigenvalue weighted by atomic mass is 32.2. The first-order chi connectivity index (χ1) is 18.1. The minimum absolute atomic E-state index is 0.206. The summed E-state index contributed by atoms with van der Waals surface area (Å²) in [7, 11) is -4.13. The molecular formula is C24H24F2N4O6S2. The van der Waals surface area contributed by atoms with E-state index in [-0.39, 0.29) is 36.2 Å². The van der Waals surface area contributed by atoms with E-state index in [1.54, 1.807) is 11.4 Å². The molecule has 1 aliphatic carbocycles. The van der Waals surface area contributed by atoms with E-state index in [9.17, 15) is 27.1 Å². The lowest BCUT2D eigenvalue weighted by molar-refractivity contribution is 0.0695. The van der Waals surface area contributed by atoms with Crippen molar-refractivity contribution in [2.24, 2.45) is 11.1 Å². The van der Waals surface area contributed by atoms with Gasteiger partial charge in [-0.05, 0) is 59.5 Å². The number of nitrogens with one attached hydrogen (secondary N) is 1. The number of carbonyl (C=O) groups excluding carboxylic acids is 1. The fourth-order valence-electron chi connectivity index (χ4n) is 4.84. The fourth-order valence-corrected chi connectivity index (χ4v) is 6.08. The van der Waals surface area contributed by atoms with E-state index < -0.39 is 40.1 Å². The van der Waals surface area contributed by atoms with Crippen molar-refractivity contribution in [2.75, 3.05) is 18.5 Å². The number of aromatic nitrogens is 2. The van der Waals surface area contributed by atoms with Crippen LogP contribution in [0.15, 0.2) is 36.1 Å². The molecule has 2 aromatic heterocycles. The van der Waals surface area contributed by atoms with Gasteiger partial charge in [0.15, 0.2) is 11.6 Å². The van der Waals surface area contributed by atoms with Crippen LogP contribution in [0.1, 0.15) is 50.9 Å². The Labute approximate surface area is 221 Å². The lowest BCUT2D eigenvalue weighted by Gasteiger charge is -2.25. The molecule has 0 spiro atoms. The Bertz CT molecular complexity index is 1470. The van der Waals surface area contributed by atoms with Gasteiger partial charge in [-0.25, -0.2) is 23.9 Å². The normalized spacial score (nSPS) is 23.3. The maximum Gasteiger partial charge on any atom is 0.333 e. The topological polar surface area (TPSA) is 154 Å². The van der Waals surface area contributed by atoms with Crippen LogP contribution in [-0.2, 0) is 25.6 Å². The van der Waals surface area contributed by atoms with Gasteiger partial charge >= 0.3 is 10.3 Å². The number of fused-ring (bicyclic) bond motifs is 1. The van der Waals surface area contributed by atoms with E-state index in [1.807, 2.05) is 0 Å². The molecule has 0 unspecified atom stereocenters. The molecule has 3 aromatic rings. The van der Waals surface area contributed by atoms with Gasteiger partial charge in [-0.1, -0.05) is 0 Å². The van der Waals surface area contributed by atoms with Crippen LogP contribution in [0.4, 0.5) is 14.6 Å². The minimum atomic E-state index is -4.13. The van der Waals surface area contributed by atoms with Gasteiger partial charge in [0.05, 0.1) is 29.8 Å². The van der Waals surface area contributed by atoms with Crippen LogP contribution >= 0.6 is 11.3 Å². The Balaban J connectivity index is 1.32. The monoisotopic (exact) mass is 566 g/mol. The molecule has 3 heterocycles. The third-order valence-corrected chi connectivity index (χ3v) is 8.08. The van der Waals surface area contributed by atoms with Crippen LogP contribution in [-0.4, -0.2) is 54.6 Å². The van der Waals surface area contributed by atoms with Crippen molar-refractivity contribution in [3.05, 3.63) is 74.9 Å². The van der Waals surface area contributed by atoms with Crippen LogP contribution in [0.3, 0.4) is 0 Å². The summed E-state index contributed by atoms with van der Waals surface area (Å²) < 4.78 is 60.3. The highest BCUT2D eigenvalue weighted by Gasteiger charge is 2.35. The predicted octanol–water partition coefficient (Wildman–Crippen LogP) is 2.48. The largest absolute Gasteiger partial charge is 0.393 e. The van der Waals surface area contributed by atoms with Crippen LogP contribution in [0.2, 0.25) is 0 Å². The van der Waals surface area contributed by atoms with Crippen molar-refractivity contribution in [2.45, 2.75) is 37.5 Å². The van der Waals surface area contributed by atoms with Crippen LogP contribution < -0.4 is 10.5 Å². The van der Waals surface area contributed by atoms with E-state index in [2.05, 4.69) is 19.5 Å². The summed E-state index contributed by atoms with van der Waals surface area (Å²) in [6.07, 6.45) is 2.32. The number of ketones is 1. The predicted molar refractivity (Wildman–Crippen MR) is 133 cm³/mol. The zero-order valence-electron chi connectivity index (χ0n) is 19.8. The summed E-state index contributed by atoms with van der Waals surface area (Å²) in [5.41, 5.74) is 2.04. The number of halogens is 2. The first-order valence-electron chi connectivity index (χ1n) is 11.7. The molecule has 0 bridgehead atoms. The van der Waals surface area contributed by atoms with Gasteiger partial charge in [-0.2, -0.15) is 8.42 Å². The van der Waals surface area contributed by atoms with Gasteiger partial charge < -0.3 is 15.2 Å². The number of nitrogens with zero attached hydrogens (tertiary/aromatic N) is 2. The molecule has 38 heavy (non-hydrogen) atoms. The standard InChI is InChI=1S/C24H24F2N4O6S2/c25-18-4-12-1-2-35-23(16(12)7-19(18)26)14-5-21(37-10-14)22(32)17-8-28-11-29-24(17)30-15-3-13(20(31)6-15)9-36-38(27,33)34/h4-5,7-8,10-11,13,15,20,23,31H,1-3,6,9H2,(H2,27,33,34)(H,28,29,30)/t13-,15-,20+,23+/m1/s1. The zero-order valence-corrected chi connectivity index (χ0v) is 21.5. The highest BCUT2D eigenvalue weighted by molar-refractivity contribution is 7.84. The SMILES string of the molecule is NS(=O)(=O)OC[C@H]1C[C@@H](Nc2ncncc2C(=O)c2cc([C@@H]3OCCc4cc(F)c(F)cc43)cs2)C[C@@H]1O. The quantitative estimate of drug-likeness (QED) is 0.349. The molecule has 10 nitrogen and oxygen atoms in total. The fraction of sp³-hybridized carbons (Fsp3) is 0.375. The molecule has 5 rings (SSSR count). The van der Waals surface area contributed by atoms with Gasteiger partial charge in [0.1, 0.15) is 18.2 Å². The average Bonchev–Trinajstić information content (AvgIpc) is 3.49. The molecule has 4 atom stereocenters. The molecule has 14 heteroatoms. The maximum absolute atomic E-state index is 13.9. The lowest BCUT2D eigenvalue weighted by atomic mass is 9.93. The Morgan fingerprint density at radius 2 is 2.05 bits per heavy atom. The van der Waals surface area contributed by atoms with Crippen molar-refractivity contribution in [3.8, 4) is 0 Å². The van der Waals surface area contributed by atoms with Crippen LogP contribution in [0, 0.1) is 17.6 Å². The van der Waals surface area contributed by atoms with Crippen LogP contribution in [0.5, 0.6) is 0 Å². The summed E-state index contributed by atoms with van der Waals surface area (Å²) in [4.78, 5) is 22.0. The van der Waals surface area contributed by atoms with E-state index >= 15 is 0 Å². The molecule has 2 aliphatic rings. The van der Waals surface area contributed by atoms with E-state index in [1.165, 1.54) is 29.9 Å². The van der Waals surface area contributed by atoms with Crippen molar-refractivity contribution < 1.29 is 36.0 Å². The second-order valence-corrected chi connectivity index (χ2v) is 11.4. The number of hydrogen-bond donors (Lipinski definition) is 3. The summed E-state index contributed by atoms with van der Waals surface area (Å²) in [6.45, 7) is 0.0769.